The van der Waals surface area contributed by atoms with Crippen LogP contribution < -0.4 is 5.56 Å². The first-order chi connectivity index (χ1) is 11.4. The highest BCUT2D eigenvalue weighted by molar-refractivity contribution is 7.71. The van der Waals surface area contributed by atoms with Crippen LogP contribution >= 0.6 is 12.2 Å². The summed E-state index contributed by atoms with van der Waals surface area (Å²) in [6.45, 7) is 0. The van der Waals surface area contributed by atoms with Gasteiger partial charge in [-0.3, -0.25) is 9.78 Å². The molecule has 3 aromatic rings. The van der Waals surface area contributed by atoms with E-state index in [2.05, 4.69) is 9.97 Å². The van der Waals surface area contributed by atoms with Crippen molar-refractivity contribution in [2.24, 2.45) is 0 Å². The van der Waals surface area contributed by atoms with Crippen molar-refractivity contribution in [2.75, 3.05) is 0 Å². The minimum atomic E-state index is -4.41. The van der Waals surface area contributed by atoms with Crippen LogP contribution in [0.5, 0.6) is 0 Å². The van der Waals surface area contributed by atoms with Gasteiger partial charge in [-0.25, -0.2) is 0 Å². The molecule has 0 unspecified atom stereocenters. The second kappa shape index (κ2) is 6.09. The fourth-order valence-corrected chi connectivity index (χ4v) is 2.60. The predicted molar refractivity (Wildman–Crippen MR) is 88.1 cm³/mol. The molecule has 1 heterocycles. The number of aromatic amines is 2. The van der Waals surface area contributed by atoms with Gasteiger partial charge in [0.2, 0.25) is 0 Å². The lowest BCUT2D eigenvalue weighted by Gasteiger charge is -2.11. The lowest BCUT2D eigenvalue weighted by atomic mass is 10.00. The SMILES string of the molecule is O=c1[nH]c(=S)[nH]c(-c2ccc(C(F)(F)F)cc2)c1-c1ccccc1. The number of aromatic nitrogens is 2. The number of hydrogen-bond donors (Lipinski definition) is 2. The molecule has 7 heteroatoms. The third-order valence-corrected chi connectivity index (χ3v) is 3.71. The van der Waals surface area contributed by atoms with E-state index in [-0.39, 0.29) is 4.77 Å². The molecule has 0 aliphatic carbocycles. The summed E-state index contributed by atoms with van der Waals surface area (Å²) < 4.78 is 38.3. The highest BCUT2D eigenvalue weighted by Gasteiger charge is 2.30. The largest absolute Gasteiger partial charge is 0.416 e. The van der Waals surface area contributed by atoms with Gasteiger partial charge in [0.25, 0.3) is 5.56 Å². The molecule has 0 saturated heterocycles. The lowest BCUT2D eigenvalue weighted by molar-refractivity contribution is -0.137. The van der Waals surface area contributed by atoms with Crippen LogP contribution in [-0.2, 0) is 6.18 Å². The molecule has 3 nitrogen and oxygen atoms in total. The standard InChI is InChI=1S/C17H11F3N2OS/c18-17(19,20)12-8-6-11(7-9-12)14-13(10-4-2-1-3-5-10)15(23)22-16(24)21-14/h1-9H,(H2,21,22,23,24). The molecule has 0 aliphatic heterocycles. The molecular weight excluding hydrogens is 337 g/mol. The molecule has 0 aliphatic rings. The van der Waals surface area contributed by atoms with Crippen molar-refractivity contribution in [1.29, 1.82) is 0 Å². The van der Waals surface area contributed by atoms with Gasteiger partial charge in [0, 0.05) is 0 Å². The van der Waals surface area contributed by atoms with Crippen LogP contribution in [0.15, 0.2) is 59.4 Å². The van der Waals surface area contributed by atoms with E-state index < -0.39 is 17.3 Å². The van der Waals surface area contributed by atoms with E-state index in [0.29, 0.717) is 22.4 Å². The third kappa shape index (κ3) is 3.16. The maximum absolute atomic E-state index is 12.7. The summed E-state index contributed by atoms with van der Waals surface area (Å²) in [6.07, 6.45) is -4.41. The monoisotopic (exact) mass is 348 g/mol. The topological polar surface area (TPSA) is 48.6 Å². The molecule has 0 fully saturated rings. The van der Waals surface area contributed by atoms with Gasteiger partial charge in [-0.05, 0) is 35.5 Å². The van der Waals surface area contributed by atoms with Gasteiger partial charge in [-0.2, -0.15) is 13.2 Å². The number of benzene rings is 2. The molecule has 3 rings (SSSR count). The van der Waals surface area contributed by atoms with Crippen molar-refractivity contribution >= 4 is 12.2 Å². The summed E-state index contributed by atoms with van der Waals surface area (Å²) in [5.41, 5.74) is 0.627. The van der Waals surface area contributed by atoms with Gasteiger partial charge in [0.05, 0.1) is 16.8 Å². The molecule has 2 N–H and O–H groups in total. The molecule has 122 valence electrons. The van der Waals surface area contributed by atoms with E-state index in [1.807, 2.05) is 0 Å². The Labute approximate surface area is 139 Å². The first-order valence-electron chi connectivity index (χ1n) is 6.96. The fraction of sp³-hybridized carbons (Fsp3) is 0.0588. The zero-order valence-electron chi connectivity index (χ0n) is 12.1. The summed E-state index contributed by atoms with van der Waals surface area (Å²) in [5.74, 6) is 0. The van der Waals surface area contributed by atoms with E-state index in [4.69, 9.17) is 12.2 Å². The summed E-state index contributed by atoms with van der Waals surface area (Å²) >= 11 is 4.99. The average Bonchev–Trinajstić information content (AvgIpc) is 2.54. The van der Waals surface area contributed by atoms with Gasteiger partial charge in [-0.1, -0.05) is 42.5 Å². The number of nitrogens with one attached hydrogen (secondary N) is 2. The highest BCUT2D eigenvalue weighted by atomic mass is 32.1. The number of H-pyrrole nitrogens is 2. The van der Waals surface area contributed by atoms with Crippen LogP contribution in [0.25, 0.3) is 22.4 Å². The van der Waals surface area contributed by atoms with Gasteiger partial charge in [0.1, 0.15) is 0 Å². The van der Waals surface area contributed by atoms with E-state index in [1.165, 1.54) is 12.1 Å². The maximum atomic E-state index is 12.7. The Kier molecular flexibility index (Phi) is 4.11. The Morgan fingerprint density at radius 1 is 0.833 bits per heavy atom. The second-order valence-electron chi connectivity index (χ2n) is 5.10. The molecule has 0 radical (unpaired) electrons. The van der Waals surface area contributed by atoms with Crippen LogP contribution in [0.3, 0.4) is 0 Å². The van der Waals surface area contributed by atoms with E-state index in [0.717, 1.165) is 12.1 Å². The third-order valence-electron chi connectivity index (χ3n) is 3.51. The van der Waals surface area contributed by atoms with Crippen LogP contribution in [0, 0.1) is 4.77 Å². The van der Waals surface area contributed by atoms with Gasteiger partial charge in [-0.15, -0.1) is 0 Å². The molecule has 0 saturated carbocycles. The van der Waals surface area contributed by atoms with Crippen molar-refractivity contribution in [2.45, 2.75) is 6.18 Å². The summed E-state index contributed by atoms with van der Waals surface area (Å²) in [7, 11) is 0. The summed E-state index contributed by atoms with van der Waals surface area (Å²) in [5, 5.41) is 0. The Morgan fingerprint density at radius 3 is 2.04 bits per heavy atom. The first kappa shape index (κ1) is 16.2. The zero-order valence-corrected chi connectivity index (χ0v) is 13.0. The van der Waals surface area contributed by atoms with Crippen LogP contribution in [0.2, 0.25) is 0 Å². The van der Waals surface area contributed by atoms with Gasteiger partial charge < -0.3 is 4.98 Å². The smallest absolute Gasteiger partial charge is 0.331 e. The van der Waals surface area contributed by atoms with E-state index in [9.17, 15) is 18.0 Å². The summed E-state index contributed by atoms with van der Waals surface area (Å²) in [6, 6.07) is 13.4. The zero-order chi connectivity index (χ0) is 17.3. The Balaban J connectivity index is 2.21. The van der Waals surface area contributed by atoms with E-state index in [1.54, 1.807) is 30.3 Å². The molecule has 0 amide bonds. The summed E-state index contributed by atoms with van der Waals surface area (Å²) in [4.78, 5) is 17.7. The lowest BCUT2D eigenvalue weighted by Crippen LogP contribution is -2.12. The Bertz CT molecular complexity index is 974. The van der Waals surface area contributed by atoms with Crippen molar-refractivity contribution in [3.05, 3.63) is 75.3 Å². The molecule has 0 bridgehead atoms. The average molecular weight is 348 g/mol. The Hall–Kier alpha value is -2.67. The number of alkyl halides is 3. The maximum Gasteiger partial charge on any atom is 0.416 e. The van der Waals surface area contributed by atoms with Crippen molar-refractivity contribution in [1.82, 2.24) is 9.97 Å². The van der Waals surface area contributed by atoms with Gasteiger partial charge >= 0.3 is 6.18 Å². The fourth-order valence-electron chi connectivity index (χ4n) is 2.41. The van der Waals surface area contributed by atoms with Gasteiger partial charge in [0.15, 0.2) is 4.77 Å². The number of hydrogen-bond acceptors (Lipinski definition) is 2. The molecule has 1 aromatic heterocycles. The second-order valence-corrected chi connectivity index (χ2v) is 5.51. The molecular formula is C17H11F3N2OS. The normalized spacial score (nSPS) is 11.5. The van der Waals surface area contributed by atoms with Crippen LogP contribution in [0.1, 0.15) is 5.56 Å². The van der Waals surface area contributed by atoms with Crippen molar-refractivity contribution in [3.8, 4) is 22.4 Å². The molecule has 0 atom stereocenters. The first-order valence-corrected chi connectivity index (χ1v) is 7.37. The molecule has 24 heavy (non-hydrogen) atoms. The highest BCUT2D eigenvalue weighted by Crippen LogP contribution is 2.32. The van der Waals surface area contributed by atoms with Crippen molar-refractivity contribution in [3.63, 3.8) is 0 Å². The Morgan fingerprint density at radius 2 is 1.46 bits per heavy atom. The predicted octanol–water partition coefficient (Wildman–Crippen LogP) is 4.79. The van der Waals surface area contributed by atoms with E-state index >= 15 is 0 Å². The van der Waals surface area contributed by atoms with Crippen LogP contribution in [0.4, 0.5) is 13.2 Å². The molecule has 2 aromatic carbocycles. The minimum absolute atomic E-state index is 0.106. The minimum Gasteiger partial charge on any atom is -0.331 e. The molecule has 0 spiro atoms. The number of rotatable bonds is 2. The van der Waals surface area contributed by atoms with Crippen LogP contribution in [-0.4, -0.2) is 9.97 Å². The number of halogens is 3. The van der Waals surface area contributed by atoms with Crippen molar-refractivity contribution < 1.29 is 13.2 Å². The quantitative estimate of drug-likeness (QED) is 0.655.